The van der Waals surface area contributed by atoms with Crippen LogP contribution in [0.15, 0.2) is 6.20 Å². The number of nitrogens with zero attached hydrogens (tertiary/aromatic N) is 2. The summed E-state index contributed by atoms with van der Waals surface area (Å²) in [5.74, 6) is 2.45. The van der Waals surface area contributed by atoms with Crippen molar-refractivity contribution in [1.82, 2.24) is 10.3 Å². The lowest BCUT2D eigenvalue weighted by atomic mass is 10.3. The van der Waals surface area contributed by atoms with Gasteiger partial charge in [0.15, 0.2) is 5.13 Å². The zero-order valence-electron chi connectivity index (χ0n) is 10.6. The molecule has 0 saturated carbocycles. The number of thioether (sulfide) groups is 1. The molecule has 1 N–H and O–H groups in total. The number of hydrogen-bond donors (Lipinski definition) is 1. The van der Waals surface area contributed by atoms with E-state index in [1.54, 1.807) is 0 Å². The minimum Gasteiger partial charge on any atom is -0.344 e. The molecule has 1 saturated heterocycles. The Morgan fingerprint density at radius 2 is 2.47 bits per heavy atom. The van der Waals surface area contributed by atoms with Gasteiger partial charge in [-0.2, -0.15) is 11.8 Å². The molecule has 1 unspecified atom stereocenters. The fourth-order valence-electron chi connectivity index (χ4n) is 1.91. The molecule has 1 aliphatic rings. The fraction of sp³-hybridized carbons (Fsp3) is 0.750. The third kappa shape index (κ3) is 3.60. The molecule has 1 atom stereocenters. The van der Waals surface area contributed by atoms with Gasteiger partial charge in [0, 0.05) is 41.7 Å². The number of hydrogen-bond acceptors (Lipinski definition) is 5. The number of nitrogens with one attached hydrogen (secondary N) is 1. The van der Waals surface area contributed by atoms with Crippen molar-refractivity contribution in [3.8, 4) is 0 Å². The largest absolute Gasteiger partial charge is 0.344 e. The van der Waals surface area contributed by atoms with E-state index < -0.39 is 0 Å². The Morgan fingerprint density at radius 3 is 3.24 bits per heavy atom. The lowest BCUT2D eigenvalue weighted by Gasteiger charge is -2.32. The van der Waals surface area contributed by atoms with E-state index in [0.29, 0.717) is 6.04 Å². The number of anilines is 1. The number of rotatable bonds is 5. The third-order valence-corrected chi connectivity index (χ3v) is 5.10. The summed E-state index contributed by atoms with van der Waals surface area (Å²) < 4.78 is 0. The van der Waals surface area contributed by atoms with Crippen LogP contribution in [0.4, 0.5) is 5.13 Å². The van der Waals surface area contributed by atoms with Crippen molar-refractivity contribution in [3.05, 3.63) is 11.1 Å². The van der Waals surface area contributed by atoms with Crippen LogP contribution in [0, 0.1) is 0 Å². The predicted molar refractivity (Wildman–Crippen MR) is 78.2 cm³/mol. The van der Waals surface area contributed by atoms with Crippen molar-refractivity contribution in [2.45, 2.75) is 32.9 Å². The second kappa shape index (κ2) is 6.61. The summed E-state index contributed by atoms with van der Waals surface area (Å²) in [5, 5.41) is 4.63. The van der Waals surface area contributed by atoms with E-state index in [2.05, 4.69) is 29.0 Å². The molecule has 1 aromatic rings. The Morgan fingerprint density at radius 1 is 1.59 bits per heavy atom. The van der Waals surface area contributed by atoms with Gasteiger partial charge in [-0.1, -0.05) is 6.92 Å². The van der Waals surface area contributed by atoms with Crippen molar-refractivity contribution in [3.63, 3.8) is 0 Å². The fourth-order valence-corrected chi connectivity index (χ4v) is 3.93. The standard InChI is InChI=1S/C12H21N3S2/c1-3-4-13-7-11-8-14-12(17-11)15-5-6-16-9-10(15)2/h8,10,13H,3-7,9H2,1-2H3. The van der Waals surface area contributed by atoms with Crippen LogP contribution < -0.4 is 10.2 Å². The molecule has 0 spiro atoms. The minimum absolute atomic E-state index is 0.622. The maximum Gasteiger partial charge on any atom is 0.185 e. The Balaban J connectivity index is 1.92. The van der Waals surface area contributed by atoms with Crippen LogP contribution in [0.3, 0.4) is 0 Å². The lowest BCUT2D eigenvalue weighted by Crippen LogP contribution is -2.40. The summed E-state index contributed by atoms with van der Waals surface area (Å²) in [6.07, 6.45) is 3.21. The van der Waals surface area contributed by atoms with Crippen LogP contribution in [-0.4, -0.2) is 35.6 Å². The van der Waals surface area contributed by atoms with Crippen molar-refractivity contribution in [2.75, 3.05) is 29.5 Å². The molecule has 0 radical (unpaired) electrons. The van der Waals surface area contributed by atoms with Crippen molar-refractivity contribution in [1.29, 1.82) is 0 Å². The number of thiazole rings is 1. The van der Waals surface area contributed by atoms with Gasteiger partial charge in [0.2, 0.25) is 0 Å². The summed E-state index contributed by atoms with van der Waals surface area (Å²) in [4.78, 5) is 8.36. The topological polar surface area (TPSA) is 28.2 Å². The van der Waals surface area contributed by atoms with E-state index in [4.69, 9.17) is 0 Å². The van der Waals surface area contributed by atoms with Gasteiger partial charge < -0.3 is 10.2 Å². The quantitative estimate of drug-likeness (QED) is 0.833. The highest BCUT2D eigenvalue weighted by Gasteiger charge is 2.21. The van der Waals surface area contributed by atoms with E-state index in [0.717, 1.165) is 19.6 Å². The first-order valence-electron chi connectivity index (χ1n) is 6.31. The van der Waals surface area contributed by atoms with Gasteiger partial charge in [0.1, 0.15) is 0 Å². The van der Waals surface area contributed by atoms with Crippen molar-refractivity contribution in [2.24, 2.45) is 0 Å². The molecule has 0 bridgehead atoms. The van der Waals surface area contributed by atoms with Crippen LogP contribution in [0.2, 0.25) is 0 Å². The highest BCUT2D eigenvalue weighted by atomic mass is 32.2. The molecule has 1 fully saturated rings. The van der Waals surface area contributed by atoms with Gasteiger partial charge in [-0.25, -0.2) is 4.98 Å². The lowest BCUT2D eigenvalue weighted by molar-refractivity contribution is 0.681. The normalized spacial score (nSPS) is 20.8. The van der Waals surface area contributed by atoms with Crippen LogP contribution in [0.25, 0.3) is 0 Å². The first-order valence-corrected chi connectivity index (χ1v) is 8.28. The summed E-state index contributed by atoms with van der Waals surface area (Å²) in [6, 6.07) is 0.622. The second-order valence-electron chi connectivity index (χ2n) is 4.40. The average Bonchev–Trinajstić information content (AvgIpc) is 2.79. The van der Waals surface area contributed by atoms with E-state index in [1.165, 1.54) is 27.9 Å². The molecule has 2 rings (SSSR count). The molecule has 5 heteroatoms. The summed E-state index contributed by atoms with van der Waals surface area (Å²) in [6.45, 7) is 7.67. The van der Waals surface area contributed by atoms with E-state index >= 15 is 0 Å². The first-order chi connectivity index (χ1) is 8.31. The monoisotopic (exact) mass is 271 g/mol. The SMILES string of the molecule is CCCNCc1cnc(N2CCSCC2C)s1. The van der Waals surface area contributed by atoms with Crippen LogP contribution >= 0.6 is 23.1 Å². The maximum absolute atomic E-state index is 4.56. The van der Waals surface area contributed by atoms with Crippen LogP contribution in [-0.2, 0) is 6.54 Å². The van der Waals surface area contributed by atoms with Gasteiger partial charge in [-0.05, 0) is 19.9 Å². The Kier molecular flexibility index (Phi) is 5.13. The molecule has 2 heterocycles. The molecule has 0 amide bonds. The molecule has 96 valence electrons. The van der Waals surface area contributed by atoms with E-state index in [-0.39, 0.29) is 0 Å². The Hall–Kier alpha value is -0.260. The van der Waals surface area contributed by atoms with Gasteiger partial charge in [0.05, 0.1) is 0 Å². The molecule has 1 aromatic heterocycles. The van der Waals surface area contributed by atoms with Gasteiger partial charge in [-0.15, -0.1) is 11.3 Å². The maximum atomic E-state index is 4.56. The molecular weight excluding hydrogens is 250 g/mol. The molecule has 0 aromatic carbocycles. The van der Waals surface area contributed by atoms with E-state index in [1.807, 2.05) is 29.3 Å². The highest BCUT2D eigenvalue weighted by Crippen LogP contribution is 2.28. The smallest absolute Gasteiger partial charge is 0.185 e. The zero-order valence-corrected chi connectivity index (χ0v) is 12.2. The third-order valence-electron chi connectivity index (χ3n) is 2.88. The van der Waals surface area contributed by atoms with Crippen LogP contribution in [0.1, 0.15) is 25.1 Å². The van der Waals surface area contributed by atoms with Gasteiger partial charge in [0.25, 0.3) is 0 Å². The number of aromatic nitrogens is 1. The summed E-state index contributed by atoms with van der Waals surface area (Å²) in [5.41, 5.74) is 0. The van der Waals surface area contributed by atoms with Gasteiger partial charge in [-0.3, -0.25) is 0 Å². The van der Waals surface area contributed by atoms with Crippen molar-refractivity contribution < 1.29 is 0 Å². The van der Waals surface area contributed by atoms with E-state index in [9.17, 15) is 0 Å². The Bertz CT molecular complexity index is 340. The molecule has 0 aliphatic carbocycles. The summed E-state index contributed by atoms with van der Waals surface area (Å²) in [7, 11) is 0. The second-order valence-corrected chi connectivity index (χ2v) is 6.65. The average molecular weight is 271 g/mol. The van der Waals surface area contributed by atoms with Crippen molar-refractivity contribution >= 4 is 28.2 Å². The first kappa shape index (κ1) is 13.2. The molecular formula is C12H21N3S2. The van der Waals surface area contributed by atoms with Gasteiger partial charge >= 0.3 is 0 Å². The molecule has 1 aliphatic heterocycles. The highest BCUT2D eigenvalue weighted by molar-refractivity contribution is 7.99. The minimum atomic E-state index is 0.622. The molecule has 3 nitrogen and oxygen atoms in total. The molecule has 17 heavy (non-hydrogen) atoms. The Labute approximate surface area is 112 Å². The van der Waals surface area contributed by atoms with Crippen LogP contribution in [0.5, 0.6) is 0 Å². The summed E-state index contributed by atoms with van der Waals surface area (Å²) >= 11 is 3.88. The predicted octanol–water partition coefficient (Wildman–Crippen LogP) is 2.58. The zero-order chi connectivity index (χ0) is 12.1.